The first kappa shape index (κ1) is 23.5. The van der Waals surface area contributed by atoms with Crippen LogP contribution in [0.15, 0.2) is 66.7 Å². The molecule has 1 aliphatic heterocycles. The third kappa shape index (κ3) is 4.82. The molecule has 7 nitrogen and oxygen atoms in total. The predicted octanol–water partition coefficient (Wildman–Crippen LogP) is 6.06. The van der Waals surface area contributed by atoms with E-state index in [0.29, 0.717) is 22.9 Å². The van der Waals surface area contributed by atoms with Crippen LogP contribution in [0.5, 0.6) is 0 Å². The zero-order chi connectivity index (χ0) is 24.4. The Morgan fingerprint density at radius 3 is 2.53 bits per heavy atom. The summed E-state index contributed by atoms with van der Waals surface area (Å²) in [5, 5.41) is 13.8. The summed E-state index contributed by atoms with van der Waals surface area (Å²) in [6, 6.07) is 19.8. The van der Waals surface area contributed by atoms with Crippen molar-refractivity contribution < 1.29 is 14.5 Å². The van der Waals surface area contributed by atoms with Gasteiger partial charge in [-0.05, 0) is 54.3 Å². The van der Waals surface area contributed by atoms with Gasteiger partial charge >= 0.3 is 0 Å². The molecule has 0 unspecified atom stereocenters. The second-order valence-electron chi connectivity index (χ2n) is 8.51. The Hall–Kier alpha value is -3.65. The number of nitrogens with one attached hydrogen (secondary N) is 1. The molecule has 1 N–H and O–H groups in total. The van der Waals surface area contributed by atoms with Crippen molar-refractivity contribution in [1.82, 2.24) is 0 Å². The van der Waals surface area contributed by atoms with Crippen molar-refractivity contribution in [2.45, 2.75) is 32.1 Å². The second kappa shape index (κ2) is 9.69. The summed E-state index contributed by atoms with van der Waals surface area (Å²) >= 11 is 1.54. The third-order valence-electron chi connectivity index (χ3n) is 5.80. The maximum Gasteiger partial charge on any atom is 0.273 e. The summed E-state index contributed by atoms with van der Waals surface area (Å²) in [6.45, 7) is 5.89. The van der Waals surface area contributed by atoms with Crippen molar-refractivity contribution in [2.75, 3.05) is 16.0 Å². The zero-order valence-electron chi connectivity index (χ0n) is 19.1. The summed E-state index contributed by atoms with van der Waals surface area (Å²) in [6.07, 6.45) is 0. The van der Waals surface area contributed by atoms with Gasteiger partial charge in [-0.2, -0.15) is 0 Å². The molecule has 34 heavy (non-hydrogen) atoms. The van der Waals surface area contributed by atoms with Crippen LogP contribution in [-0.2, 0) is 4.79 Å². The number of thioether (sulfide) groups is 1. The van der Waals surface area contributed by atoms with Crippen LogP contribution in [0.2, 0.25) is 0 Å². The summed E-state index contributed by atoms with van der Waals surface area (Å²) in [4.78, 5) is 38.0. The van der Waals surface area contributed by atoms with Gasteiger partial charge in [0.05, 0.1) is 10.7 Å². The highest BCUT2D eigenvalue weighted by Crippen LogP contribution is 2.42. The third-order valence-corrected chi connectivity index (χ3v) is 7.02. The highest BCUT2D eigenvalue weighted by Gasteiger charge is 2.34. The van der Waals surface area contributed by atoms with E-state index in [9.17, 15) is 19.7 Å². The molecule has 0 radical (unpaired) electrons. The molecule has 3 aromatic rings. The van der Waals surface area contributed by atoms with Crippen LogP contribution in [0.4, 0.5) is 17.1 Å². The molecule has 2 amide bonds. The number of benzene rings is 3. The molecule has 0 bridgehead atoms. The summed E-state index contributed by atoms with van der Waals surface area (Å²) in [5.74, 6) is 0.384. The van der Waals surface area contributed by atoms with Gasteiger partial charge in [0.2, 0.25) is 5.91 Å². The Morgan fingerprint density at radius 2 is 1.85 bits per heavy atom. The number of aryl methyl sites for hydroxylation is 1. The summed E-state index contributed by atoms with van der Waals surface area (Å²) < 4.78 is 0. The van der Waals surface area contributed by atoms with E-state index < -0.39 is 10.8 Å². The SMILES string of the molecule is Cc1ccc(C(=O)Nc2cccc([C@H]3SCC(=O)N3c3ccc(C(C)C)cc3)c2)cc1[N+](=O)[O-]. The number of amides is 2. The van der Waals surface area contributed by atoms with Gasteiger partial charge in [0.1, 0.15) is 5.37 Å². The first-order chi connectivity index (χ1) is 16.2. The molecule has 1 fully saturated rings. The fraction of sp³-hybridized carbons (Fsp3) is 0.231. The van der Waals surface area contributed by atoms with Gasteiger partial charge in [0.25, 0.3) is 11.6 Å². The Bertz CT molecular complexity index is 1260. The predicted molar refractivity (Wildman–Crippen MR) is 135 cm³/mol. The van der Waals surface area contributed by atoms with Crippen LogP contribution in [0.25, 0.3) is 0 Å². The lowest BCUT2D eigenvalue weighted by Crippen LogP contribution is -2.27. The van der Waals surface area contributed by atoms with Gasteiger partial charge in [-0.15, -0.1) is 11.8 Å². The van der Waals surface area contributed by atoms with E-state index in [1.165, 1.54) is 23.4 Å². The molecule has 3 aromatic carbocycles. The number of nitro benzene ring substituents is 1. The maximum absolute atomic E-state index is 12.8. The Labute approximate surface area is 202 Å². The molecule has 1 atom stereocenters. The van der Waals surface area contributed by atoms with Crippen molar-refractivity contribution in [3.8, 4) is 0 Å². The second-order valence-corrected chi connectivity index (χ2v) is 9.58. The van der Waals surface area contributed by atoms with E-state index >= 15 is 0 Å². The standard InChI is InChI=1S/C26H25N3O4S/c1-16(2)18-9-11-22(12-10-18)28-24(30)15-34-26(28)20-5-4-6-21(13-20)27-25(31)19-8-7-17(3)23(14-19)29(32)33/h4-14,16,26H,15H2,1-3H3,(H,27,31)/t26-/m1/s1. The topological polar surface area (TPSA) is 92.6 Å². The molecule has 8 heteroatoms. The molecule has 174 valence electrons. The number of hydrogen-bond donors (Lipinski definition) is 1. The van der Waals surface area contributed by atoms with Crippen LogP contribution < -0.4 is 10.2 Å². The summed E-state index contributed by atoms with van der Waals surface area (Å²) in [7, 11) is 0. The number of anilines is 2. The monoisotopic (exact) mass is 475 g/mol. The van der Waals surface area contributed by atoms with E-state index in [-0.39, 0.29) is 22.5 Å². The van der Waals surface area contributed by atoms with Gasteiger partial charge in [-0.25, -0.2) is 0 Å². The largest absolute Gasteiger partial charge is 0.322 e. The van der Waals surface area contributed by atoms with Gasteiger partial charge in [0, 0.05) is 28.6 Å². The normalized spacial score (nSPS) is 15.6. The van der Waals surface area contributed by atoms with Crippen molar-refractivity contribution >= 4 is 40.6 Å². The van der Waals surface area contributed by atoms with Crippen LogP contribution in [0, 0.1) is 17.0 Å². The lowest BCUT2D eigenvalue weighted by Gasteiger charge is -2.25. The summed E-state index contributed by atoms with van der Waals surface area (Å²) in [5.41, 5.74) is 4.10. The average molecular weight is 476 g/mol. The van der Waals surface area contributed by atoms with Gasteiger partial charge in [-0.1, -0.05) is 44.2 Å². The minimum atomic E-state index is -0.497. The molecular formula is C26H25N3O4S. The van der Waals surface area contributed by atoms with Gasteiger partial charge in [0.15, 0.2) is 0 Å². The van der Waals surface area contributed by atoms with Crippen molar-refractivity contribution in [1.29, 1.82) is 0 Å². The molecule has 0 aliphatic carbocycles. The fourth-order valence-electron chi connectivity index (χ4n) is 3.89. The highest BCUT2D eigenvalue weighted by atomic mass is 32.2. The van der Waals surface area contributed by atoms with E-state index in [4.69, 9.17) is 0 Å². The lowest BCUT2D eigenvalue weighted by molar-refractivity contribution is -0.385. The molecule has 0 aromatic heterocycles. The van der Waals surface area contributed by atoms with E-state index in [0.717, 1.165) is 11.3 Å². The minimum Gasteiger partial charge on any atom is -0.322 e. The van der Waals surface area contributed by atoms with E-state index in [1.54, 1.807) is 30.0 Å². The molecule has 1 aliphatic rings. The molecule has 1 heterocycles. The van der Waals surface area contributed by atoms with E-state index in [1.807, 2.05) is 42.5 Å². The lowest BCUT2D eigenvalue weighted by atomic mass is 10.0. The van der Waals surface area contributed by atoms with Crippen LogP contribution >= 0.6 is 11.8 Å². The molecule has 1 saturated heterocycles. The Morgan fingerprint density at radius 1 is 1.12 bits per heavy atom. The number of rotatable bonds is 6. The van der Waals surface area contributed by atoms with Gasteiger partial charge < -0.3 is 5.32 Å². The first-order valence-electron chi connectivity index (χ1n) is 10.9. The molecule has 4 rings (SSSR count). The fourth-order valence-corrected chi connectivity index (χ4v) is 5.06. The quantitative estimate of drug-likeness (QED) is 0.346. The number of carbonyl (C=O) groups excluding carboxylic acids is 2. The van der Waals surface area contributed by atoms with Crippen LogP contribution in [0.1, 0.15) is 52.2 Å². The first-order valence-corrected chi connectivity index (χ1v) is 12.0. The average Bonchev–Trinajstić information content (AvgIpc) is 3.20. The van der Waals surface area contributed by atoms with Crippen LogP contribution in [-0.4, -0.2) is 22.5 Å². The zero-order valence-corrected chi connectivity index (χ0v) is 20.0. The van der Waals surface area contributed by atoms with Crippen LogP contribution in [0.3, 0.4) is 0 Å². The number of carbonyl (C=O) groups is 2. The van der Waals surface area contributed by atoms with Crippen molar-refractivity contribution in [3.05, 3.63) is 99.1 Å². The molecular weight excluding hydrogens is 450 g/mol. The van der Waals surface area contributed by atoms with Crippen molar-refractivity contribution in [2.24, 2.45) is 0 Å². The number of nitrogens with zero attached hydrogens (tertiary/aromatic N) is 2. The number of hydrogen-bond acceptors (Lipinski definition) is 5. The Balaban J connectivity index is 1.57. The van der Waals surface area contributed by atoms with E-state index in [2.05, 4.69) is 19.2 Å². The smallest absolute Gasteiger partial charge is 0.273 e. The Kier molecular flexibility index (Phi) is 6.70. The van der Waals surface area contributed by atoms with Gasteiger partial charge in [-0.3, -0.25) is 24.6 Å². The highest BCUT2D eigenvalue weighted by molar-refractivity contribution is 8.00. The minimum absolute atomic E-state index is 0.0358. The molecule has 0 spiro atoms. The number of nitro groups is 1. The molecule has 0 saturated carbocycles. The maximum atomic E-state index is 12.8. The van der Waals surface area contributed by atoms with Crippen molar-refractivity contribution in [3.63, 3.8) is 0 Å².